The highest BCUT2D eigenvalue weighted by atomic mass is 16.1. The van der Waals surface area contributed by atoms with Gasteiger partial charge in [0, 0.05) is 26.2 Å². The summed E-state index contributed by atoms with van der Waals surface area (Å²) in [5.74, 6) is 0.799. The van der Waals surface area contributed by atoms with Crippen molar-refractivity contribution in [2.24, 2.45) is 7.05 Å². The molecule has 2 N–H and O–H groups in total. The standard InChI is InChI=1S/C11H15N5O/c1-16-7-3-4-9(16)11(17)12-6-2-5-10-13-8-14-15-10/h3-4,7-8H,2,5-6H2,1H3,(H,12,17)(H,13,14,15). The van der Waals surface area contributed by atoms with E-state index < -0.39 is 0 Å². The van der Waals surface area contributed by atoms with Gasteiger partial charge in [0.15, 0.2) is 0 Å². The maximum absolute atomic E-state index is 11.7. The SMILES string of the molecule is Cn1cccc1C(=O)NCCCc1ncn[nH]1. The number of aromatic nitrogens is 4. The zero-order valence-corrected chi connectivity index (χ0v) is 9.68. The Morgan fingerprint density at radius 3 is 3.12 bits per heavy atom. The Bertz CT molecular complexity index is 474. The summed E-state index contributed by atoms with van der Waals surface area (Å²) >= 11 is 0. The third-order valence-corrected chi connectivity index (χ3v) is 2.52. The molecule has 1 amide bonds. The molecule has 90 valence electrons. The van der Waals surface area contributed by atoms with Crippen molar-refractivity contribution in [2.75, 3.05) is 6.54 Å². The van der Waals surface area contributed by atoms with Crippen molar-refractivity contribution in [3.63, 3.8) is 0 Å². The maximum atomic E-state index is 11.7. The average molecular weight is 233 g/mol. The van der Waals surface area contributed by atoms with Gasteiger partial charge < -0.3 is 9.88 Å². The summed E-state index contributed by atoms with van der Waals surface area (Å²) in [6.07, 6.45) is 4.96. The predicted octanol–water partition coefficient (Wildman–Crippen LogP) is 0.506. The Kier molecular flexibility index (Phi) is 3.54. The van der Waals surface area contributed by atoms with Crippen LogP contribution in [-0.2, 0) is 13.5 Å². The van der Waals surface area contributed by atoms with Crippen LogP contribution in [0.1, 0.15) is 22.7 Å². The van der Waals surface area contributed by atoms with E-state index in [0.29, 0.717) is 12.2 Å². The van der Waals surface area contributed by atoms with Gasteiger partial charge in [0.05, 0.1) is 0 Å². The molecule has 0 radical (unpaired) electrons. The van der Waals surface area contributed by atoms with E-state index in [1.54, 1.807) is 10.6 Å². The molecule has 0 atom stereocenters. The summed E-state index contributed by atoms with van der Waals surface area (Å²) in [5.41, 5.74) is 0.671. The van der Waals surface area contributed by atoms with Gasteiger partial charge in [-0.05, 0) is 18.6 Å². The van der Waals surface area contributed by atoms with E-state index in [9.17, 15) is 4.79 Å². The second-order valence-electron chi connectivity index (χ2n) is 3.80. The smallest absolute Gasteiger partial charge is 0.267 e. The molecule has 2 aromatic rings. The first-order valence-corrected chi connectivity index (χ1v) is 5.51. The molecule has 0 aliphatic carbocycles. The fourth-order valence-corrected chi connectivity index (χ4v) is 1.60. The first-order valence-electron chi connectivity index (χ1n) is 5.51. The highest BCUT2D eigenvalue weighted by molar-refractivity contribution is 5.92. The lowest BCUT2D eigenvalue weighted by molar-refractivity contribution is 0.0945. The first kappa shape index (κ1) is 11.4. The van der Waals surface area contributed by atoms with Crippen LogP contribution in [-0.4, -0.2) is 32.2 Å². The Balaban J connectivity index is 1.72. The molecule has 2 rings (SSSR count). The molecule has 0 saturated carbocycles. The van der Waals surface area contributed by atoms with Crippen LogP contribution in [0.25, 0.3) is 0 Å². The van der Waals surface area contributed by atoms with E-state index in [4.69, 9.17) is 0 Å². The minimum Gasteiger partial charge on any atom is -0.351 e. The first-order chi connectivity index (χ1) is 8.27. The number of hydrogen-bond acceptors (Lipinski definition) is 3. The Labute approximate surface area is 99.1 Å². The van der Waals surface area contributed by atoms with Crippen molar-refractivity contribution in [1.82, 2.24) is 25.1 Å². The molecule has 0 unspecified atom stereocenters. The van der Waals surface area contributed by atoms with E-state index in [1.807, 2.05) is 19.3 Å². The molecular weight excluding hydrogens is 218 g/mol. The summed E-state index contributed by atoms with van der Waals surface area (Å²) in [7, 11) is 1.85. The Morgan fingerprint density at radius 2 is 2.47 bits per heavy atom. The zero-order valence-electron chi connectivity index (χ0n) is 9.68. The van der Waals surface area contributed by atoms with Crippen molar-refractivity contribution in [2.45, 2.75) is 12.8 Å². The van der Waals surface area contributed by atoms with Crippen LogP contribution >= 0.6 is 0 Å². The summed E-state index contributed by atoms with van der Waals surface area (Å²) in [5, 5.41) is 9.41. The number of hydrogen-bond donors (Lipinski definition) is 2. The molecule has 2 aromatic heterocycles. The minimum atomic E-state index is -0.0462. The number of carbonyl (C=O) groups excluding carboxylic acids is 1. The van der Waals surface area contributed by atoms with E-state index in [0.717, 1.165) is 18.7 Å². The molecule has 0 fully saturated rings. The van der Waals surface area contributed by atoms with Gasteiger partial charge in [-0.3, -0.25) is 9.89 Å². The number of amides is 1. The number of aryl methyl sites for hydroxylation is 2. The van der Waals surface area contributed by atoms with Crippen LogP contribution in [0.4, 0.5) is 0 Å². The molecule has 17 heavy (non-hydrogen) atoms. The number of aromatic amines is 1. The van der Waals surface area contributed by atoms with Crippen LogP contribution < -0.4 is 5.32 Å². The van der Waals surface area contributed by atoms with Gasteiger partial charge in [-0.25, -0.2) is 4.98 Å². The number of carbonyl (C=O) groups is 1. The second-order valence-corrected chi connectivity index (χ2v) is 3.80. The fourth-order valence-electron chi connectivity index (χ4n) is 1.60. The van der Waals surface area contributed by atoms with Crippen LogP contribution in [0.3, 0.4) is 0 Å². The summed E-state index contributed by atoms with van der Waals surface area (Å²) in [4.78, 5) is 15.7. The van der Waals surface area contributed by atoms with Crippen LogP contribution in [0.15, 0.2) is 24.7 Å². The molecule has 0 bridgehead atoms. The lowest BCUT2D eigenvalue weighted by Crippen LogP contribution is -2.26. The lowest BCUT2D eigenvalue weighted by atomic mass is 10.3. The normalized spacial score (nSPS) is 10.4. The quantitative estimate of drug-likeness (QED) is 0.739. The molecule has 2 heterocycles. The highest BCUT2D eigenvalue weighted by Crippen LogP contribution is 1.99. The largest absolute Gasteiger partial charge is 0.351 e. The monoisotopic (exact) mass is 233 g/mol. The Hall–Kier alpha value is -2.11. The van der Waals surface area contributed by atoms with Gasteiger partial charge in [-0.2, -0.15) is 5.10 Å². The highest BCUT2D eigenvalue weighted by Gasteiger charge is 2.07. The van der Waals surface area contributed by atoms with Gasteiger partial charge in [0.1, 0.15) is 17.8 Å². The van der Waals surface area contributed by atoms with Crippen LogP contribution in [0.5, 0.6) is 0 Å². The van der Waals surface area contributed by atoms with Crippen LogP contribution in [0.2, 0.25) is 0 Å². The van der Waals surface area contributed by atoms with Gasteiger partial charge >= 0.3 is 0 Å². The summed E-state index contributed by atoms with van der Waals surface area (Å²) in [6, 6.07) is 3.65. The summed E-state index contributed by atoms with van der Waals surface area (Å²) in [6.45, 7) is 0.630. The Morgan fingerprint density at radius 1 is 1.59 bits per heavy atom. The van der Waals surface area contributed by atoms with E-state index >= 15 is 0 Å². The number of nitrogens with zero attached hydrogens (tertiary/aromatic N) is 3. The van der Waals surface area contributed by atoms with Crippen molar-refractivity contribution >= 4 is 5.91 Å². The molecule has 0 aliphatic rings. The second kappa shape index (κ2) is 5.29. The van der Waals surface area contributed by atoms with Crippen molar-refractivity contribution in [1.29, 1.82) is 0 Å². The van der Waals surface area contributed by atoms with E-state index in [1.165, 1.54) is 6.33 Å². The van der Waals surface area contributed by atoms with Gasteiger partial charge in [-0.15, -0.1) is 0 Å². The molecule has 0 spiro atoms. The molecule has 0 aromatic carbocycles. The van der Waals surface area contributed by atoms with E-state index in [2.05, 4.69) is 20.5 Å². The topological polar surface area (TPSA) is 75.6 Å². The van der Waals surface area contributed by atoms with Crippen molar-refractivity contribution < 1.29 is 4.79 Å². The molecule has 0 saturated heterocycles. The zero-order chi connectivity index (χ0) is 12.1. The van der Waals surface area contributed by atoms with Crippen molar-refractivity contribution in [3.05, 3.63) is 36.2 Å². The maximum Gasteiger partial charge on any atom is 0.267 e. The number of rotatable bonds is 5. The molecule has 0 aliphatic heterocycles. The minimum absolute atomic E-state index is 0.0462. The lowest BCUT2D eigenvalue weighted by Gasteiger charge is -2.05. The third kappa shape index (κ3) is 2.93. The van der Waals surface area contributed by atoms with Gasteiger partial charge in [0.2, 0.25) is 0 Å². The fraction of sp³-hybridized carbons (Fsp3) is 0.364. The van der Waals surface area contributed by atoms with Crippen molar-refractivity contribution in [3.8, 4) is 0 Å². The summed E-state index contributed by atoms with van der Waals surface area (Å²) < 4.78 is 1.80. The predicted molar refractivity (Wildman–Crippen MR) is 62.4 cm³/mol. The van der Waals surface area contributed by atoms with Gasteiger partial charge in [-0.1, -0.05) is 0 Å². The average Bonchev–Trinajstić information content (AvgIpc) is 2.95. The molecule has 6 heteroatoms. The molecule has 6 nitrogen and oxygen atoms in total. The number of nitrogens with one attached hydrogen (secondary N) is 2. The van der Waals surface area contributed by atoms with Crippen LogP contribution in [0, 0.1) is 0 Å². The van der Waals surface area contributed by atoms with E-state index in [-0.39, 0.29) is 5.91 Å². The van der Waals surface area contributed by atoms with Gasteiger partial charge in [0.25, 0.3) is 5.91 Å². The number of H-pyrrole nitrogens is 1. The molecular formula is C11H15N5O. The third-order valence-electron chi connectivity index (χ3n) is 2.52.